The van der Waals surface area contributed by atoms with Crippen molar-refractivity contribution in [3.8, 4) is 5.75 Å². The second-order valence-electron chi connectivity index (χ2n) is 5.90. The zero-order chi connectivity index (χ0) is 17.5. The van der Waals surface area contributed by atoms with Crippen molar-refractivity contribution in [2.75, 3.05) is 19.4 Å². The molecule has 0 saturated carbocycles. The molecule has 1 aliphatic rings. The minimum absolute atomic E-state index is 0.0158. The average Bonchev–Trinajstić information content (AvgIpc) is 2.54. The van der Waals surface area contributed by atoms with Gasteiger partial charge in [-0.15, -0.1) is 11.8 Å². The molecule has 1 aromatic rings. The van der Waals surface area contributed by atoms with E-state index in [0.29, 0.717) is 17.5 Å². The van der Waals surface area contributed by atoms with Crippen LogP contribution in [-0.4, -0.2) is 42.3 Å². The summed E-state index contributed by atoms with van der Waals surface area (Å²) in [6, 6.07) is 5.53. The van der Waals surface area contributed by atoms with E-state index in [0.717, 1.165) is 24.9 Å². The summed E-state index contributed by atoms with van der Waals surface area (Å²) in [7, 11) is 1.41. The van der Waals surface area contributed by atoms with E-state index in [-0.39, 0.29) is 23.4 Å². The van der Waals surface area contributed by atoms with Crippen molar-refractivity contribution in [3.63, 3.8) is 0 Å². The number of amides is 1. The van der Waals surface area contributed by atoms with E-state index >= 15 is 0 Å². The third-order valence-corrected chi connectivity index (χ3v) is 4.93. The van der Waals surface area contributed by atoms with Crippen LogP contribution < -0.4 is 15.4 Å². The van der Waals surface area contributed by atoms with E-state index in [1.807, 2.05) is 0 Å². The second-order valence-corrected chi connectivity index (χ2v) is 6.89. The Morgan fingerprint density at radius 2 is 2.33 bits per heavy atom. The molecule has 2 rings (SSSR count). The number of hydrogen-bond donors (Lipinski definition) is 2. The lowest BCUT2D eigenvalue weighted by molar-refractivity contribution is -0.385. The van der Waals surface area contributed by atoms with Gasteiger partial charge in [-0.05, 0) is 37.9 Å². The van der Waals surface area contributed by atoms with Gasteiger partial charge in [0.2, 0.25) is 5.91 Å². The van der Waals surface area contributed by atoms with Crippen molar-refractivity contribution in [2.24, 2.45) is 0 Å². The van der Waals surface area contributed by atoms with Crippen molar-refractivity contribution in [1.29, 1.82) is 0 Å². The first-order chi connectivity index (χ1) is 11.5. The molecule has 132 valence electrons. The van der Waals surface area contributed by atoms with Crippen LogP contribution in [0.3, 0.4) is 0 Å². The molecule has 7 nitrogen and oxygen atoms in total. The SMILES string of the molecule is COc1ccc(CSCC(=O)NC2CCNC(C)C2)cc1[N+](=O)[O-]. The fourth-order valence-electron chi connectivity index (χ4n) is 2.76. The second kappa shape index (κ2) is 8.89. The lowest BCUT2D eigenvalue weighted by Crippen LogP contribution is -2.47. The number of carbonyl (C=O) groups excluding carboxylic acids is 1. The van der Waals surface area contributed by atoms with Gasteiger partial charge >= 0.3 is 5.69 Å². The topological polar surface area (TPSA) is 93.5 Å². The van der Waals surface area contributed by atoms with Crippen LogP contribution in [0.1, 0.15) is 25.3 Å². The van der Waals surface area contributed by atoms with Gasteiger partial charge in [-0.1, -0.05) is 6.07 Å². The molecule has 8 heteroatoms. The molecule has 0 bridgehead atoms. The normalized spacial score (nSPS) is 20.4. The molecule has 1 aliphatic heterocycles. The van der Waals surface area contributed by atoms with Crippen LogP contribution in [-0.2, 0) is 10.5 Å². The molecule has 0 aliphatic carbocycles. The van der Waals surface area contributed by atoms with Gasteiger partial charge in [0.05, 0.1) is 17.8 Å². The summed E-state index contributed by atoms with van der Waals surface area (Å²) in [5.74, 6) is 1.15. The van der Waals surface area contributed by atoms with Crippen LogP contribution in [0, 0.1) is 10.1 Å². The number of hydrogen-bond acceptors (Lipinski definition) is 6. The number of rotatable bonds is 7. The summed E-state index contributed by atoms with van der Waals surface area (Å²) in [4.78, 5) is 22.6. The molecule has 0 radical (unpaired) electrons. The highest BCUT2D eigenvalue weighted by molar-refractivity contribution is 7.99. The molecule has 1 saturated heterocycles. The number of nitro groups is 1. The smallest absolute Gasteiger partial charge is 0.311 e. The quantitative estimate of drug-likeness (QED) is 0.576. The number of piperidine rings is 1. The van der Waals surface area contributed by atoms with E-state index in [4.69, 9.17) is 4.74 Å². The third kappa shape index (κ3) is 5.38. The minimum atomic E-state index is -0.460. The van der Waals surface area contributed by atoms with Crippen molar-refractivity contribution in [3.05, 3.63) is 33.9 Å². The Morgan fingerprint density at radius 1 is 1.54 bits per heavy atom. The molecule has 1 aromatic carbocycles. The zero-order valence-electron chi connectivity index (χ0n) is 13.9. The maximum absolute atomic E-state index is 12.0. The molecule has 2 N–H and O–H groups in total. The van der Waals surface area contributed by atoms with Gasteiger partial charge in [0.25, 0.3) is 0 Å². The number of methoxy groups -OCH3 is 1. The number of nitrogens with zero attached hydrogens (tertiary/aromatic N) is 1. The van der Waals surface area contributed by atoms with E-state index in [1.54, 1.807) is 12.1 Å². The molecule has 1 amide bonds. The van der Waals surface area contributed by atoms with Gasteiger partial charge in [0, 0.05) is 23.9 Å². The predicted octanol–water partition coefficient (Wildman–Crippen LogP) is 2.09. The Bertz CT molecular complexity index is 597. The van der Waals surface area contributed by atoms with E-state index in [1.165, 1.54) is 24.9 Å². The molecule has 1 heterocycles. The monoisotopic (exact) mass is 353 g/mol. The summed E-state index contributed by atoms with van der Waals surface area (Å²) in [6.07, 6.45) is 1.90. The first-order valence-electron chi connectivity index (χ1n) is 7.91. The predicted molar refractivity (Wildman–Crippen MR) is 94.4 cm³/mol. The summed E-state index contributed by atoms with van der Waals surface area (Å²) >= 11 is 1.45. The maximum Gasteiger partial charge on any atom is 0.311 e. The number of nitro benzene ring substituents is 1. The van der Waals surface area contributed by atoms with Gasteiger partial charge in [-0.3, -0.25) is 14.9 Å². The molecular formula is C16H23N3O4S. The van der Waals surface area contributed by atoms with Crippen LogP contribution in [0.2, 0.25) is 0 Å². The number of nitrogens with one attached hydrogen (secondary N) is 2. The van der Waals surface area contributed by atoms with Crippen LogP contribution in [0.5, 0.6) is 5.75 Å². The number of benzene rings is 1. The minimum Gasteiger partial charge on any atom is -0.490 e. The van der Waals surface area contributed by atoms with Crippen LogP contribution in [0.15, 0.2) is 18.2 Å². The lowest BCUT2D eigenvalue weighted by atomic mass is 10.0. The zero-order valence-corrected chi connectivity index (χ0v) is 14.7. The maximum atomic E-state index is 12.0. The van der Waals surface area contributed by atoms with Crippen molar-refractivity contribution < 1.29 is 14.5 Å². The summed E-state index contributed by atoms with van der Waals surface area (Å²) in [6.45, 7) is 3.04. The molecule has 2 atom stereocenters. The van der Waals surface area contributed by atoms with Crippen LogP contribution in [0.4, 0.5) is 5.69 Å². The molecule has 0 aromatic heterocycles. The number of ether oxygens (including phenoxy) is 1. The Morgan fingerprint density at radius 3 is 3.00 bits per heavy atom. The lowest BCUT2D eigenvalue weighted by Gasteiger charge is -2.28. The fraction of sp³-hybridized carbons (Fsp3) is 0.562. The molecule has 0 spiro atoms. The largest absolute Gasteiger partial charge is 0.490 e. The third-order valence-electron chi connectivity index (χ3n) is 3.93. The van der Waals surface area contributed by atoms with Crippen LogP contribution >= 0.6 is 11.8 Å². The van der Waals surface area contributed by atoms with Gasteiger partial charge in [-0.25, -0.2) is 0 Å². The summed E-state index contributed by atoms with van der Waals surface area (Å²) < 4.78 is 4.98. The van der Waals surface area contributed by atoms with E-state index in [2.05, 4.69) is 17.6 Å². The molecule has 24 heavy (non-hydrogen) atoms. The molecule has 2 unspecified atom stereocenters. The summed E-state index contributed by atoms with van der Waals surface area (Å²) in [5.41, 5.74) is 0.750. The summed E-state index contributed by atoms with van der Waals surface area (Å²) in [5, 5.41) is 17.4. The average molecular weight is 353 g/mol. The Hall–Kier alpha value is -1.80. The first-order valence-corrected chi connectivity index (χ1v) is 9.07. The van der Waals surface area contributed by atoms with Gasteiger partial charge in [-0.2, -0.15) is 0 Å². The molecular weight excluding hydrogens is 330 g/mol. The van der Waals surface area contributed by atoms with Gasteiger partial charge in [0.15, 0.2) is 5.75 Å². The van der Waals surface area contributed by atoms with Gasteiger partial charge < -0.3 is 15.4 Å². The Kier molecular flexibility index (Phi) is 6.86. The van der Waals surface area contributed by atoms with Crippen molar-refractivity contribution in [2.45, 2.75) is 37.6 Å². The highest BCUT2D eigenvalue weighted by atomic mass is 32.2. The Labute approximate surface area is 145 Å². The van der Waals surface area contributed by atoms with Crippen molar-refractivity contribution >= 4 is 23.4 Å². The number of carbonyl (C=O) groups is 1. The van der Waals surface area contributed by atoms with E-state index in [9.17, 15) is 14.9 Å². The number of thioether (sulfide) groups is 1. The van der Waals surface area contributed by atoms with Gasteiger partial charge in [0.1, 0.15) is 0 Å². The van der Waals surface area contributed by atoms with E-state index < -0.39 is 4.92 Å². The molecule has 1 fully saturated rings. The highest BCUT2D eigenvalue weighted by Crippen LogP contribution is 2.28. The van der Waals surface area contributed by atoms with Crippen LogP contribution in [0.25, 0.3) is 0 Å². The van der Waals surface area contributed by atoms with Crippen molar-refractivity contribution in [1.82, 2.24) is 10.6 Å². The first kappa shape index (κ1) is 18.5. The standard InChI is InChI=1S/C16H23N3O4S/c1-11-7-13(5-6-17-11)18-16(20)10-24-9-12-3-4-15(23-2)14(8-12)19(21)22/h3-4,8,11,13,17H,5-7,9-10H2,1-2H3,(H,18,20). The fourth-order valence-corrected chi connectivity index (χ4v) is 3.55. The Balaban J connectivity index is 1.80. The highest BCUT2D eigenvalue weighted by Gasteiger charge is 2.20.